The predicted octanol–water partition coefficient (Wildman–Crippen LogP) is 3.07. The van der Waals surface area contributed by atoms with Crippen molar-refractivity contribution in [2.75, 3.05) is 26.2 Å². The summed E-state index contributed by atoms with van der Waals surface area (Å²) >= 11 is 5.87. The van der Waals surface area contributed by atoms with Crippen LogP contribution < -0.4 is 5.32 Å². The Morgan fingerprint density at radius 1 is 1.45 bits per heavy atom. The fourth-order valence-corrected chi connectivity index (χ4v) is 2.90. The summed E-state index contributed by atoms with van der Waals surface area (Å²) < 4.78 is 0. The summed E-state index contributed by atoms with van der Waals surface area (Å²) in [6.45, 7) is 7.60. The van der Waals surface area contributed by atoms with Crippen LogP contribution in [0.1, 0.15) is 38.4 Å². The minimum Gasteiger partial charge on any atom is -0.386 e. The zero-order valence-corrected chi connectivity index (χ0v) is 14.2. The number of aliphatic hydroxyl groups is 1. The van der Waals surface area contributed by atoms with Crippen molar-refractivity contribution < 1.29 is 5.11 Å². The average Bonchev–Trinajstić information content (AvgIpc) is 2.52. The van der Waals surface area contributed by atoms with Gasteiger partial charge in [0.1, 0.15) is 0 Å². The monoisotopic (exact) mass is 323 g/mol. The Morgan fingerprint density at radius 2 is 2.18 bits per heavy atom. The molecule has 0 bridgehead atoms. The molecule has 2 atom stereocenters. The SMILES string of the molecule is CCNC(=NCC(O)c1ccc(Cl)cc1)N1CCCC(C)C1. The van der Waals surface area contributed by atoms with Crippen molar-refractivity contribution in [2.45, 2.75) is 32.8 Å². The van der Waals surface area contributed by atoms with Gasteiger partial charge in [-0.15, -0.1) is 0 Å². The van der Waals surface area contributed by atoms with Crippen molar-refractivity contribution in [3.8, 4) is 0 Å². The number of halogens is 1. The van der Waals surface area contributed by atoms with E-state index in [0.29, 0.717) is 17.5 Å². The molecule has 2 rings (SSSR count). The maximum Gasteiger partial charge on any atom is 0.194 e. The molecule has 0 aromatic heterocycles. The van der Waals surface area contributed by atoms with Gasteiger partial charge in [0.15, 0.2) is 5.96 Å². The first-order valence-corrected chi connectivity index (χ1v) is 8.44. The van der Waals surface area contributed by atoms with Crippen LogP contribution in [0.2, 0.25) is 5.02 Å². The summed E-state index contributed by atoms with van der Waals surface area (Å²) in [5.41, 5.74) is 0.844. The van der Waals surface area contributed by atoms with Crippen LogP contribution in [-0.2, 0) is 0 Å². The summed E-state index contributed by atoms with van der Waals surface area (Å²) in [7, 11) is 0. The Morgan fingerprint density at radius 3 is 2.82 bits per heavy atom. The molecule has 1 fully saturated rings. The first-order chi connectivity index (χ1) is 10.6. The van der Waals surface area contributed by atoms with Crippen LogP contribution in [0.15, 0.2) is 29.3 Å². The summed E-state index contributed by atoms with van der Waals surface area (Å²) in [6.07, 6.45) is 1.88. The quantitative estimate of drug-likeness (QED) is 0.661. The van der Waals surface area contributed by atoms with Gasteiger partial charge in [-0.1, -0.05) is 30.7 Å². The van der Waals surface area contributed by atoms with Crippen molar-refractivity contribution in [1.29, 1.82) is 0 Å². The van der Waals surface area contributed by atoms with Crippen molar-refractivity contribution in [1.82, 2.24) is 10.2 Å². The van der Waals surface area contributed by atoms with Gasteiger partial charge < -0.3 is 15.3 Å². The van der Waals surface area contributed by atoms with E-state index in [2.05, 4.69) is 29.1 Å². The maximum absolute atomic E-state index is 10.3. The van der Waals surface area contributed by atoms with Crippen LogP contribution in [0.4, 0.5) is 0 Å². The Labute approximate surface area is 138 Å². The van der Waals surface area contributed by atoms with Crippen LogP contribution in [-0.4, -0.2) is 42.1 Å². The second-order valence-corrected chi connectivity index (χ2v) is 6.39. The smallest absolute Gasteiger partial charge is 0.194 e. The second kappa shape index (κ2) is 8.39. The van der Waals surface area contributed by atoms with Gasteiger partial charge in [0.25, 0.3) is 0 Å². The van der Waals surface area contributed by atoms with Crippen LogP contribution in [0.5, 0.6) is 0 Å². The fraction of sp³-hybridized carbons (Fsp3) is 0.588. The van der Waals surface area contributed by atoms with Gasteiger partial charge in [-0.05, 0) is 43.4 Å². The van der Waals surface area contributed by atoms with Crippen LogP contribution in [0.3, 0.4) is 0 Å². The number of hydrogen-bond acceptors (Lipinski definition) is 2. The second-order valence-electron chi connectivity index (χ2n) is 5.96. The van der Waals surface area contributed by atoms with Gasteiger partial charge >= 0.3 is 0 Å². The highest BCUT2D eigenvalue weighted by molar-refractivity contribution is 6.30. The Bertz CT molecular complexity index is 489. The average molecular weight is 324 g/mol. The first kappa shape index (κ1) is 17.1. The van der Waals surface area contributed by atoms with E-state index in [1.54, 1.807) is 12.1 Å². The molecule has 1 heterocycles. The third-order valence-corrected chi connectivity index (χ3v) is 4.21. The third-order valence-electron chi connectivity index (χ3n) is 3.96. The van der Waals surface area contributed by atoms with Crippen molar-refractivity contribution in [3.63, 3.8) is 0 Å². The molecule has 0 saturated carbocycles. The van der Waals surface area contributed by atoms with Gasteiger partial charge in [0, 0.05) is 24.7 Å². The molecule has 0 aliphatic carbocycles. The van der Waals surface area contributed by atoms with Gasteiger partial charge in [-0.3, -0.25) is 4.99 Å². The van der Waals surface area contributed by atoms with Gasteiger partial charge in [-0.2, -0.15) is 0 Å². The molecule has 0 spiro atoms. The fourth-order valence-electron chi connectivity index (χ4n) is 2.77. The lowest BCUT2D eigenvalue weighted by molar-refractivity contribution is 0.186. The molecule has 1 aliphatic heterocycles. The maximum atomic E-state index is 10.3. The number of aliphatic imine (C=N–C) groups is 1. The Kier molecular flexibility index (Phi) is 6.52. The zero-order chi connectivity index (χ0) is 15.9. The molecule has 1 aromatic carbocycles. The minimum atomic E-state index is -0.604. The molecule has 2 N–H and O–H groups in total. The number of nitrogens with one attached hydrogen (secondary N) is 1. The summed E-state index contributed by atoms with van der Waals surface area (Å²) in [6, 6.07) is 7.28. The molecule has 122 valence electrons. The standard InChI is InChI=1S/C17H26ClN3O/c1-3-19-17(21-10-4-5-13(2)12-21)20-11-16(22)14-6-8-15(18)9-7-14/h6-9,13,16,22H,3-5,10-12H2,1-2H3,(H,19,20). The third kappa shape index (κ3) is 4.89. The largest absolute Gasteiger partial charge is 0.386 e. The highest BCUT2D eigenvalue weighted by Crippen LogP contribution is 2.18. The van der Waals surface area contributed by atoms with Crippen molar-refractivity contribution in [2.24, 2.45) is 10.9 Å². The van der Waals surface area contributed by atoms with Gasteiger partial charge in [-0.25, -0.2) is 0 Å². The molecule has 4 nitrogen and oxygen atoms in total. The van der Waals surface area contributed by atoms with E-state index in [4.69, 9.17) is 11.6 Å². The van der Waals surface area contributed by atoms with E-state index in [9.17, 15) is 5.11 Å². The van der Waals surface area contributed by atoms with E-state index >= 15 is 0 Å². The van der Waals surface area contributed by atoms with E-state index in [-0.39, 0.29) is 0 Å². The molecule has 22 heavy (non-hydrogen) atoms. The van der Waals surface area contributed by atoms with E-state index in [0.717, 1.165) is 31.2 Å². The lowest BCUT2D eigenvalue weighted by atomic mass is 10.0. The summed E-state index contributed by atoms with van der Waals surface area (Å²) in [5.74, 6) is 1.60. The first-order valence-electron chi connectivity index (χ1n) is 8.07. The number of guanidine groups is 1. The number of likely N-dealkylation sites (tertiary alicyclic amines) is 1. The molecular weight excluding hydrogens is 298 g/mol. The highest BCUT2D eigenvalue weighted by Gasteiger charge is 2.19. The topological polar surface area (TPSA) is 47.9 Å². The van der Waals surface area contributed by atoms with E-state index in [1.165, 1.54) is 12.8 Å². The van der Waals surface area contributed by atoms with E-state index in [1.807, 2.05) is 12.1 Å². The molecule has 2 unspecified atom stereocenters. The number of hydrogen-bond donors (Lipinski definition) is 2. The van der Waals surface area contributed by atoms with Crippen LogP contribution in [0.25, 0.3) is 0 Å². The number of piperidine rings is 1. The molecule has 1 aromatic rings. The number of nitrogens with zero attached hydrogens (tertiary/aromatic N) is 2. The van der Waals surface area contributed by atoms with Crippen LogP contribution in [0, 0.1) is 5.92 Å². The molecule has 0 radical (unpaired) electrons. The lowest BCUT2D eigenvalue weighted by Gasteiger charge is -2.33. The lowest BCUT2D eigenvalue weighted by Crippen LogP contribution is -2.46. The minimum absolute atomic E-state index is 0.356. The van der Waals surface area contributed by atoms with Gasteiger partial charge in [0.05, 0.1) is 12.6 Å². The predicted molar refractivity (Wildman–Crippen MR) is 92.4 cm³/mol. The van der Waals surface area contributed by atoms with Crippen molar-refractivity contribution >= 4 is 17.6 Å². The molecule has 1 aliphatic rings. The van der Waals surface area contributed by atoms with Crippen LogP contribution >= 0.6 is 11.6 Å². The number of benzene rings is 1. The summed E-state index contributed by atoms with van der Waals surface area (Å²) in [5, 5.41) is 14.3. The molecule has 1 saturated heterocycles. The Hall–Kier alpha value is -1.26. The molecular formula is C17H26ClN3O. The molecule has 0 amide bonds. The number of aliphatic hydroxyl groups excluding tert-OH is 1. The van der Waals surface area contributed by atoms with Gasteiger partial charge in [0.2, 0.25) is 0 Å². The number of rotatable bonds is 4. The molecule has 5 heteroatoms. The normalized spacial score (nSPS) is 20.8. The zero-order valence-electron chi connectivity index (χ0n) is 13.4. The summed E-state index contributed by atoms with van der Waals surface area (Å²) in [4.78, 5) is 6.92. The van der Waals surface area contributed by atoms with E-state index < -0.39 is 6.10 Å². The highest BCUT2D eigenvalue weighted by atomic mass is 35.5. The van der Waals surface area contributed by atoms with Crippen molar-refractivity contribution in [3.05, 3.63) is 34.9 Å². The Balaban J connectivity index is 2.01.